The predicted molar refractivity (Wildman–Crippen MR) is 129 cm³/mol. The number of nitrogens with zero attached hydrogens (tertiary/aromatic N) is 3. The van der Waals surface area contributed by atoms with E-state index in [1.54, 1.807) is 0 Å². The molecule has 2 saturated heterocycles. The molecule has 0 atom stereocenters. The van der Waals surface area contributed by atoms with Crippen molar-refractivity contribution >= 4 is 21.8 Å². The van der Waals surface area contributed by atoms with Crippen molar-refractivity contribution in [1.29, 1.82) is 0 Å². The Morgan fingerprint density at radius 1 is 0.719 bits per heavy atom. The third-order valence-corrected chi connectivity index (χ3v) is 6.90. The van der Waals surface area contributed by atoms with Gasteiger partial charge in [0, 0.05) is 43.0 Å². The lowest BCUT2D eigenvalue weighted by atomic mass is 10.1. The van der Waals surface area contributed by atoms with Crippen LogP contribution in [0.15, 0.2) is 41.2 Å². The van der Waals surface area contributed by atoms with E-state index >= 15 is 0 Å². The van der Waals surface area contributed by atoms with Crippen molar-refractivity contribution in [3.8, 4) is 11.5 Å². The van der Waals surface area contributed by atoms with Crippen molar-refractivity contribution in [2.24, 2.45) is 7.05 Å². The normalized spacial score (nSPS) is 17.5. The summed E-state index contributed by atoms with van der Waals surface area (Å²) in [7, 11) is 2.01. The zero-order chi connectivity index (χ0) is 21.9. The lowest BCUT2D eigenvalue weighted by Gasteiger charge is -2.17. The quantitative estimate of drug-likeness (QED) is 0.506. The molecule has 6 heteroatoms. The van der Waals surface area contributed by atoms with Gasteiger partial charge in [0.25, 0.3) is 0 Å². The standard InChI is InChI=1S/C26H33N3O3/c1-27-24-18-20(31-16-14-28-10-2-3-11-28)6-8-22(24)26(30)23-9-7-21(19-25(23)27)32-17-15-29-12-4-5-13-29/h6-9,18-19H,2-5,10-17H2,1H3. The first-order chi connectivity index (χ1) is 15.7. The molecule has 0 N–H and O–H groups in total. The minimum Gasteiger partial charge on any atom is -0.492 e. The topological polar surface area (TPSA) is 46.9 Å². The van der Waals surface area contributed by atoms with Gasteiger partial charge in [-0.2, -0.15) is 0 Å². The van der Waals surface area contributed by atoms with E-state index in [0.29, 0.717) is 13.2 Å². The molecule has 2 fully saturated rings. The van der Waals surface area contributed by atoms with Crippen molar-refractivity contribution in [1.82, 2.24) is 14.4 Å². The fraction of sp³-hybridized carbons (Fsp3) is 0.500. The van der Waals surface area contributed by atoms with Crippen LogP contribution in [0.5, 0.6) is 11.5 Å². The van der Waals surface area contributed by atoms with E-state index in [4.69, 9.17) is 9.47 Å². The summed E-state index contributed by atoms with van der Waals surface area (Å²) >= 11 is 0. The fourth-order valence-electron chi connectivity index (χ4n) is 5.01. The molecule has 0 amide bonds. The molecule has 5 rings (SSSR count). The summed E-state index contributed by atoms with van der Waals surface area (Å²) in [5.74, 6) is 1.62. The summed E-state index contributed by atoms with van der Waals surface area (Å²) < 4.78 is 14.1. The van der Waals surface area contributed by atoms with Crippen LogP contribution in [-0.4, -0.2) is 66.8 Å². The zero-order valence-electron chi connectivity index (χ0n) is 19.0. The average molecular weight is 436 g/mol. The number of hydrogen-bond donors (Lipinski definition) is 0. The molecule has 0 spiro atoms. The van der Waals surface area contributed by atoms with E-state index in [1.165, 1.54) is 51.9 Å². The predicted octanol–water partition coefficient (Wildman–Crippen LogP) is 3.64. The monoisotopic (exact) mass is 435 g/mol. The second kappa shape index (κ2) is 9.51. The molecule has 0 bridgehead atoms. The molecule has 170 valence electrons. The number of fused-ring (bicyclic) bond motifs is 2. The number of rotatable bonds is 8. The first kappa shape index (κ1) is 21.3. The van der Waals surface area contributed by atoms with Gasteiger partial charge in [-0.25, -0.2) is 0 Å². The second-order valence-corrected chi connectivity index (χ2v) is 9.04. The third-order valence-electron chi connectivity index (χ3n) is 6.90. The van der Waals surface area contributed by atoms with Gasteiger partial charge in [-0.1, -0.05) is 0 Å². The van der Waals surface area contributed by atoms with Gasteiger partial charge in [-0.3, -0.25) is 14.6 Å². The molecular weight excluding hydrogens is 402 g/mol. The third kappa shape index (κ3) is 4.48. The van der Waals surface area contributed by atoms with Crippen molar-refractivity contribution < 1.29 is 9.47 Å². The van der Waals surface area contributed by atoms with Gasteiger partial charge < -0.3 is 14.0 Å². The molecular formula is C26H33N3O3. The number of aromatic nitrogens is 1. The Morgan fingerprint density at radius 3 is 1.59 bits per heavy atom. The van der Waals surface area contributed by atoms with Crippen molar-refractivity contribution in [2.45, 2.75) is 25.7 Å². The zero-order valence-corrected chi connectivity index (χ0v) is 19.0. The second-order valence-electron chi connectivity index (χ2n) is 9.04. The Bertz CT molecular complexity index is 1060. The van der Waals surface area contributed by atoms with Gasteiger partial charge in [-0.05, 0) is 76.1 Å². The summed E-state index contributed by atoms with van der Waals surface area (Å²) in [6.07, 6.45) is 5.15. The summed E-state index contributed by atoms with van der Waals surface area (Å²) in [5, 5.41) is 1.43. The van der Waals surface area contributed by atoms with Crippen LogP contribution in [-0.2, 0) is 7.05 Å². The maximum absolute atomic E-state index is 13.1. The molecule has 2 aliphatic rings. The van der Waals surface area contributed by atoms with Crippen molar-refractivity contribution in [3.63, 3.8) is 0 Å². The Morgan fingerprint density at radius 2 is 1.16 bits per heavy atom. The molecule has 0 saturated carbocycles. The molecule has 0 aliphatic carbocycles. The van der Waals surface area contributed by atoms with Gasteiger partial charge in [0.1, 0.15) is 24.7 Å². The molecule has 3 heterocycles. The highest BCUT2D eigenvalue weighted by molar-refractivity contribution is 5.94. The van der Waals surface area contributed by atoms with Crippen LogP contribution < -0.4 is 14.9 Å². The van der Waals surface area contributed by atoms with Gasteiger partial charge in [0.15, 0.2) is 5.43 Å². The molecule has 0 radical (unpaired) electrons. The summed E-state index contributed by atoms with van der Waals surface area (Å²) in [5.41, 5.74) is 1.83. The lowest BCUT2D eigenvalue weighted by molar-refractivity contribution is 0.238. The maximum atomic E-state index is 13.1. The maximum Gasteiger partial charge on any atom is 0.197 e. The number of hydrogen-bond acceptors (Lipinski definition) is 5. The first-order valence-electron chi connectivity index (χ1n) is 12.0. The molecule has 2 aromatic carbocycles. The summed E-state index contributed by atoms with van der Waals surface area (Å²) in [4.78, 5) is 18.0. The van der Waals surface area contributed by atoms with E-state index in [-0.39, 0.29) is 5.43 Å². The van der Waals surface area contributed by atoms with Crippen LogP contribution in [0.4, 0.5) is 0 Å². The molecule has 0 unspecified atom stereocenters. The highest BCUT2D eigenvalue weighted by Gasteiger charge is 2.14. The Labute approximate surface area is 189 Å². The van der Waals surface area contributed by atoms with E-state index < -0.39 is 0 Å². The minimum atomic E-state index is 0.0559. The van der Waals surface area contributed by atoms with Gasteiger partial charge in [-0.15, -0.1) is 0 Å². The minimum absolute atomic E-state index is 0.0559. The summed E-state index contributed by atoms with van der Waals surface area (Å²) in [6.45, 7) is 7.92. The van der Waals surface area contributed by atoms with Crippen LogP contribution in [0.3, 0.4) is 0 Å². The number of pyridine rings is 1. The van der Waals surface area contributed by atoms with Crippen molar-refractivity contribution in [2.75, 3.05) is 52.5 Å². The van der Waals surface area contributed by atoms with Gasteiger partial charge in [0.2, 0.25) is 0 Å². The number of aryl methyl sites for hydroxylation is 1. The number of likely N-dealkylation sites (tertiary alicyclic amines) is 2. The number of ether oxygens (including phenoxy) is 2. The Balaban J connectivity index is 1.35. The van der Waals surface area contributed by atoms with Crippen LogP contribution in [0.25, 0.3) is 21.8 Å². The highest BCUT2D eigenvalue weighted by Crippen LogP contribution is 2.25. The van der Waals surface area contributed by atoms with Crippen LogP contribution in [0, 0.1) is 0 Å². The van der Waals surface area contributed by atoms with E-state index in [9.17, 15) is 4.79 Å². The van der Waals surface area contributed by atoms with Crippen LogP contribution in [0.1, 0.15) is 25.7 Å². The number of benzene rings is 2. The molecule has 6 nitrogen and oxygen atoms in total. The van der Waals surface area contributed by atoms with E-state index in [1.807, 2.05) is 43.4 Å². The molecule has 1 aromatic heterocycles. The fourth-order valence-corrected chi connectivity index (χ4v) is 5.01. The Kier molecular flexibility index (Phi) is 6.32. The SMILES string of the molecule is Cn1c2cc(OCCN3CCCC3)ccc2c(=O)c2ccc(OCCN3CCCC3)cc21. The van der Waals surface area contributed by atoms with Crippen molar-refractivity contribution in [3.05, 3.63) is 46.6 Å². The van der Waals surface area contributed by atoms with Gasteiger partial charge in [0.05, 0.1) is 11.0 Å². The average Bonchev–Trinajstić information content (AvgIpc) is 3.52. The highest BCUT2D eigenvalue weighted by atomic mass is 16.5. The van der Waals surface area contributed by atoms with Crippen LogP contribution in [0.2, 0.25) is 0 Å². The Hall–Kier alpha value is -2.57. The van der Waals surface area contributed by atoms with Crippen LogP contribution >= 0.6 is 0 Å². The molecule has 2 aliphatic heterocycles. The largest absolute Gasteiger partial charge is 0.492 e. The molecule has 3 aromatic rings. The van der Waals surface area contributed by atoms with E-state index in [2.05, 4.69) is 14.4 Å². The van der Waals surface area contributed by atoms with Gasteiger partial charge >= 0.3 is 0 Å². The lowest BCUT2D eigenvalue weighted by Crippen LogP contribution is -2.25. The first-order valence-corrected chi connectivity index (χ1v) is 12.0. The summed E-state index contributed by atoms with van der Waals surface area (Å²) in [6, 6.07) is 11.6. The van der Waals surface area contributed by atoms with E-state index in [0.717, 1.165) is 46.4 Å². The molecule has 32 heavy (non-hydrogen) atoms. The smallest absolute Gasteiger partial charge is 0.197 e.